The molecule has 0 unspecified atom stereocenters. The average Bonchev–Trinajstić information content (AvgIpc) is 2.21. The molecule has 1 aromatic rings. The molecule has 0 aromatic heterocycles. The van der Waals surface area contributed by atoms with Crippen LogP contribution in [0.5, 0.6) is 0 Å². The highest BCUT2D eigenvalue weighted by atomic mass is 14.1. The highest BCUT2D eigenvalue weighted by Crippen LogP contribution is 2.22. The fourth-order valence-electron chi connectivity index (χ4n) is 1.84. The van der Waals surface area contributed by atoms with Crippen LogP contribution in [0.3, 0.4) is 0 Å². The molecule has 14 heavy (non-hydrogen) atoms. The fraction of sp³-hybridized carbons (Fsp3) is 0.571. The summed E-state index contributed by atoms with van der Waals surface area (Å²) in [6.07, 6.45) is 7.44. The number of aryl methyl sites for hydroxylation is 1. The lowest BCUT2D eigenvalue weighted by Gasteiger charge is -2.15. The lowest BCUT2D eigenvalue weighted by Crippen LogP contribution is -1.99. The summed E-state index contributed by atoms with van der Waals surface area (Å²) in [5.74, 6) is 1.04. The Balaban J connectivity index is 0.000000140. The van der Waals surface area contributed by atoms with E-state index in [0.29, 0.717) is 0 Å². The van der Waals surface area contributed by atoms with E-state index in [-0.39, 0.29) is 0 Å². The van der Waals surface area contributed by atoms with Crippen LogP contribution < -0.4 is 0 Å². The molecule has 0 atom stereocenters. The van der Waals surface area contributed by atoms with Crippen LogP contribution in [0.15, 0.2) is 30.3 Å². The second-order valence-corrected chi connectivity index (χ2v) is 4.40. The van der Waals surface area contributed by atoms with Gasteiger partial charge >= 0.3 is 0 Å². The summed E-state index contributed by atoms with van der Waals surface area (Å²) < 4.78 is 0. The van der Waals surface area contributed by atoms with Crippen molar-refractivity contribution in [2.75, 3.05) is 0 Å². The van der Waals surface area contributed by atoms with Gasteiger partial charge in [0.1, 0.15) is 0 Å². The van der Waals surface area contributed by atoms with E-state index in [9.17, 15) is 0 Å². The maximum absolute atomic E-state index is 2.36. The third-order valence-corrected chi connectivity index (χ3v) is 2.83. The van der Waals surface area contributed by atoms with Gasteiger partial charge in [-0.15, -0.1) is 0 Å². The van der Waals surface area contributed by atoms with Gasteiger partial charge in [-0.25, -0.2) is 0 Å². The van der Waals surface area contributed by atoms with Crippen molar-refractivity contribution in [3.05, 3.63) is 35.9 Å². The highest BCUT2D eigenvalue weighted by molar-refractivity contribution is 5.11. The van der Waals surface area contributed by atoms with Crippen LogP contribution in [0, 0.1) is 12.8 Å². The minimum absolute atomic E-state index is 1.04. The Labute approximate surface area is 88.4 Å². The standard InChI is InChI=1S/C7H14.C7H8/c2*1-7-5-3-2-4-6-7/h7H,2-6H2,1H3;2-6H,1H3. The lowest BCUT2D eigenvalue weighted by molar-refractivity contribution is 0.385. The molecule has 0 spiro atoms. The van der Waals surface area contributed by atoms with Gasteiger partial charge in [0, 0.05) is 0 Å². The molecule has 0 saturated heterocycles. The maximum Gasteiger partial charge on any atom is -0.0398 e. The van der Waals surface area contributed by atoms with Crippen molar-refractivity contribution in [2.45, 2.75) is 46.0 Å². The normalized spacial score (nSPS) is 17.0. The number of hydrogen-bond donors (Lipinski definition) is 0. The molecule has 1 aliphatic rings. The van der Waals surface area contributed by atoms with E-state index in [0.717, 1.165) is 5.92 Å². The highest BCUT2D eigenvalue weighted by Gasteiger charge is 2.05. The Morgan fingerprint density at radius 1 is 0.929 bits per heavy atom. The van der Waals surface area contributed by atoms with Gasteiger partial charge in [0.05, 0.1) is 0 Å². The average molecular weight is 190 g/mol. The molecule has 78 valence electrons. The topological polar surface area (TPSA) is 0 Å². The van der Waals surface area contributed by atoms with Gasteiger partial charge in [0.2, 0.25) is 0 Å². The molecular formula is C14H22. The Kier molecular flexibility index (Phi) is 5.36. The van der Waals surface area contributed by atoms with Crippen molar-refractivity contribution in [3.8, 4) is 0 Å². The molecule has 1 saturated carbocycles. The molecule has 0 radical (unpaired) electrons. The maximum atomic E-state index is 2.36. The third-order valence-electron chi connectivity index (χ3n) is 2.83. The van der Waals surface area contributed by atoms with Crippen molar-refractivity contribution < 1.29 is 0 Å². The van der Waals surface area contributed by atoms with E-state index in [2.05, 4.69) is 26.0 Å². The van der Waals surface area contributed by atoms with Crippen LogP contribution in [0.25, 0.3) is 0 Å². The zero-order valence-electron chi connectivity index (χ0n) is 9.50. The van der Waals surface area contributed by atoms with E-state index in [1.807, 2.05) is 18.2 Å². The van der Waals surface area contributed by atoms with Gasteiger partial charge < -0.3 is 0 Å². The van der Waals surface area contributed by atoms with Crippen LogP contribution in [0.4, 0.5) is 0 Å². The molecule has 0 bridgehead atoms. The Hall–Kier alpha value is -0.780. The molecule has 0 N–H and O–H groups in total. The minimum Gasteiger partial charge on any atom is -0.0625 e. The first kappa shape index (κ1) is 11.3. The van der Waals surface area contributed by atoms with E-state index < -0.39 is 0 Å². The molecule has 1 fully saturated rings. The summed E-state index contributed by atoms with van der Waals surface area (Å²) in [5.41, 5.74) is 1.32. The Morgan fingerprint density at radius 3 is 1.79 bits per heavy atom. The largest absolute Gasteiger partial charge is 0.0625 e. The number of hydrogen-bond acceptors (Lipinski definition) is 0. The summed E-state index contributed by atoms with van der Waals surface area (Å²) in [5, 5.41) is 0. The lowest BCUT2D eigenvalue weighted by atomic mass is 9.91. The van der Waals surface area contributed by atoms with E-state index in [1.165, 1.54) is 37.7 Å². The summed E-state index contributed by atoms with van der Waals surface area (Å²) in [6.45, 7) is 4.44. The second kappa shape index (κ2) is 6.64. The zero-order chi connectivity index (χ0) is 10.2. The molecule has 2 rings (SSSR count). The van der Waals surface area contributed by atoms with Gasteiger partial charge in [-0.1, -0.05) is 74.9 Å². The van der Waals surface area contributed by atoms with Crippen molar-refractivity contribution in [1.29, 1.82) is 0 Å². The molecule has 0 amide bonds. The van der Waals surface area contributed by atoms with Crippen LogP contribution in [-0.4, -0.2) is 0 Å². The minimum atomic E-state index is 1.04. The summed E-state index contributed by atoms with van der Waals surface area (Å²) in [6, 6.07) is 10.3. The number of rotatable bonds is 0. The van der Waals surface area contributed by atoms with Crippen molar-refractivity contribution in [2.24, 2.45) is 5.92 Å². The molecule has 1 aliphatic carbocycles. The quantitative estimate of drug-likeness (QED) is 0.561. The molecule has 0 aliphatic heterocycles. The summed E-state index contributed by atoms with van der Waals surface area (Å²) >= 11 is 0. The first-order chi connectivity index (χ1) is 6.79. The van der Waals surface area contributed by atoms with Crippen LogP contribution in [0.1, 0.15) is 44.6 Å². The van der Waals surface area contributed by atoms with Gasteiger partial charge in [-0.05, 0) is 12.8 Å². The molecular weight excluding hydrogens is 168 g/mol. The van der Waals surface area contributed by atoms with E-state index in [4.69, 9.17) is 0 Å². The molecule has 0 heterocycles. The van der Waals surface area contributed by atoms with E-state index in [1.54, 1.807) is 0 Å². The van der Waals surface area contributed by atoms with Gasteiger partial charge in [0.25, 0.3) is 0 Å². The first-order valence-corrected chi connectivity index (χ1v) is 5.80. The predicted octanol–water partition coefficient (Wildman–Crippen LogP) is 4.58. The van der Waals surface area contributed by atoms with Gasteiger partial charge in [-0.2, -0.15) is 0 Å². The van der Waals surface area contributed by atoms with Crippen molar-refractivity contribution >= 4 is 0 Å². The van der Waals surface area contributed by atoms with Crippen molar-refractivity contribution in [1.82, 2.24) is 0 Å². The Bertz CT molecular complexity index is 219. The SMILES string of the molecule is CC1CCCCC1.Cc1ccccc1. The summed E-state index contributed by atoms with van der Waals surface area (Å²) in [4.78, 5) is 0. The fourth-order valence-corrected chi connectivity index (χ4v) is 1.84. The van der Waals surface area contributed by atoms with Crippen LogP contribution >= 0.6 is 0 Å². The molecule has 1 aromatic carbocycles. The van der Waals surface area contributed by atoms with Gasteiger partial charge in [0.15, 0.2) is 0 Å². The van der Waals surface area contributed by atoms with Crippen molar-refractivity contribution in [3.63, 3.8) is 0 Å². The first-order valence-electron chi connectivity index (χ1n) is 5.80. The molecule has 0 heteroatoms. The monoisotopic (exact) mass is 190 g/mol. The zero-order valence-corrected chi connectivity index (χ0v) is 9.50. The summed E-state index contributed by atoms with van der Waals surface area (Å²) in [7, 11) is 0. The Morgan fingerprint density at radius 2 is 1.50 bits per heavy atom. The smallest absolute Gasteiger partial charge is 0.0398 e. The molecule has 0 nitrogen and oxygen atoms in total. The van der Waals surface area contributed by atoms with Gasteiger partial charge in [-0.3, -0.25) is 0 Å². The predicted molar refractivity (Wildman–Crippen MR) is 63.4 cm³/mol. The van der Waals surface area contributed by atoms with E-state index >= 15 is 0 Å². The van der Waals surface area contributed by atoms with Crippen LogP contribution in [0.2, 0.25) is 0 Å². The second-order valence-electron chi connectivity index (χ2n) is 4.40. The third kappa shape index (κ3) is 5.06. The number of benzene rings is 1. The van der Waals surface area contributed by atoms with Crippen LogP contribution in [-0.2, 0) is 0 Å².